The zero-order chi connectivity index (χ0) is 15.2. The van der Waals surface area contributed by atoms with Crippen molar-refractivity contribution in [3.8, 4) is 0 Å². The van der Waals surface area contributed by atoms with Crippen LogP contribution in [-0.4, -0.2) is 4.21 Å². The van der Waals surface area contributed by atoms with Crippen LogP contribution >= 0.6 is 44.3 Å². The monoisotopic (exact) mass is 382 g/mol. The van der Waals surface area contributed by atoms with Gasteiger partial charge in [0.15, 0.2) is 0 Å². The molecule has 3 rings (SSSR count). The second kappa shape index (κ2) is 8.73. The van der Waals surface area contributed by atoms with Crippen molar-refractivity contribution < 1.29 is 4.21 Å². The number of alkyl halides is 1. The third-order valence-electron chi connectivity index (χ3n) is 3.87. The molecule has 116 valence electrons. The Hall–Kier alpha value is 0.200. The van der Waals surface area contributed by atoms with Crippen molar-refractivity contribution in [3.05, 3.63) is 35.2 Å². The van der Waals surface area contributed by atoms with Crippen LogP contribution in [0.15, 0.2) is 29.6 Å². The molecule has 1 unspecified atom stereocenters. The Kier molecular flexibility index (Phi) is 7.30. The van der Waals surface area contributed by atoms with Gasteiger partial charge in [-0.3, -0.25) is 0 Å². The maximum atomic E-state index is 9.09. The molecule has 0 amide bonds. The highest BCUT2D eigenvalue weighted by Gasteiger charge is 2.24. The highest BCUT2D eigenvalue weighted by molar-refractivity contribution is 8.26. The summed E-state index contributed by atoms with van der Waals surface area (Å²) in [6.45, 7) is 0. The van der Waals surface area contributed by atoms with Crippen molar-refractivity contribution in [2.75, 3.05) is 0 Å². The van der Waals surface area contributed by atoms with Gasteiger partial charge >= 0.3 is 0 Å². The molecule has 1 saturated carbocycles. The Morgan fingerprint density at radius 3 is 2.43 bits per heavy atom. The minimum absolute atomic E-state index is 0.214. The zero-order valence-electron chi connectivity index (χ0n) is 11.4. The standard InChI is InChI=1S/C15H17ClS.Cl2OS/c16-15(11-6-2-1-3-7-11)13-10-17-14-9-5-4-8-12(13)14;1-4(2)3/h4-5,8-11,15H,1-3,6-7H2;. The number of rotatable bonds is 2. The van der Waals surface area contributed by atoms with Gasteiger partial charge in [-0.2, -0.15) is 0 Å². The molecular weight excluding hydrogens is 367 g/mol. The fraction of sp³-hybridized carbons (Fsp3) is 0.467. The van der Waals surface area contributed by atoms with Gasteiger partial charge in [-0.05, 0) is 41.2 Å². The van der Waals surface area contributed by atoms with E-state index in [1.165, 1.54) is 47.8 Å². The summed E-state index contributed by atoms with van der Waals surface area (Å²) < 4.78 is 10.5. The molecule has 0 bridgehead atoms. The van der Waals surface area contributed by atoms with Crippen LogP contribution in [0, 0.1) is 5.92 Å². The van der Waals surface area contributed by atoms with Crippen LogP contribution in [0.2, 0.25) is 0 Å². The lowest BCUT2D eigenvalue weighted by Crippen LogP contribution is -2.11. The predicted octanol–water partition coefficient (Wildman–Crippen LogP) is 6.80. The highest BCUT2D eigenvalue weighted by atomic mass is 36.0. The van der Waals surface area contributed by atoms with Crippen molar-refractivity contribution in [3.63, 3.8) is 0 Å². The van der Waals surface area contributed by atoms with Crippen LogP contribution in [0.5, 0.6) is 0 Å². The topological polar surface area (TPSA) is 17.1 Å². The maximum Gasteiger partial charge on any atom is 0.211 e. The second-order valence-corrected chi connectivity index (χ2v) is 9.08. The van der Waals surface area contributed by atoms with Crippen LogP contribution in [0.25, 0.3) is 10.1 Å². The summed E-state index contributed by atoms with van der Waals surface area (Å²) in [5, 5.41) is 3.84. The Morgan fingerprint density at radius 2 is 1.76 bits per heavy atom. The molecule has 1 heterocycles. The summed E-state index contributed by atoms with van der Waals surface area (Å²) in [5.41, 5.74) is 1.36. The summed E-state index contributed by atoms with van der Waals surface area (Å²) >= 11 is 8.53. The van der Waals surface area contributed by atoms with Gasteiger partial charge < -0.3 is 0 Å². The first-order chi connectivity index (χ1) is 10.1. The van der Waals surface area contributed by atoms with Crippen molar-refractivity contribution >= 4 is 63.6 Å². The largest absolute Gasteiger partial charge is 0.225 e. The summed E-state index contributed by atoms with van der Waals surface area (Å²) in [5.74, 6) is 0.684. The fourth-order valence-electron chi connectivity index (χ4n) is 2.89. The number of halogens is 3. The van der Waals surface area contributed by atoms with Crippen LogP contribution in [0.3, 0.4) is 0 Å². The van der Waals surface area contributed by atoms with E-state index in [-0.39, 0.29) is 5.38 Å². The SMILES string of the molecule is ClC(c1csc2ccccc12)C1CCCCC1.O=S(Cl)Cl. The van der Waals surface area contributed by atoms with Crippen LogP contribution in [0.4, 0.5) is 0 Å². The minimum atomic E-state index is -1.67. The molecule has 2 aromatic rings. The number of hydrogen-bond donors (Lipinski definition) is 0. The van der Waals surface area contributed by atoms with E-state index in [0.29, 0.717) is 5.92 Å². The lowest BCUT2D eigenvalue weighted by atomic mass is 9.84. The van der Waals surface area contributed by atoms with E-state index < -0.39 is 9.23 Å². The molecule has 6 heteroatoms. The molecule has 0 radical (unpaired) electrons. The van der Waals surface area contributed by atoms with E-state index in [4.69, 9.17) is 15.8 Å². The summed E-state index contributed by atoms with van der Waals surface area (Å²) in [6, 6.07) is 8.61. The summed E-state index contributed by atoms with van der Waals surface area (Å²) in [6.07, 6.45) is 6.72. The third-order valence-corrected chi connectivity index (χ3v) is 5.44. The quantitative estimate of drug-likeness (QED) is 0.411. The third kappa shape index (κ3) is 5.11. The molecule has 1 aliphatic rings. The molecule has 0 saturated heterocycles. The van der Waals surface area contributed by atoms with E-state index in [1.807, 2.05) is 11.3 Å². The smallest absolute Gasteiger partial charge is 0.211 e. The van der Waals surface area contributed by atoms with E-state index in [1.54, 1.807) is 0 Å². The first kappa shape index (κ1) is 17.6. The number of benzene rings is 1. The van der Waals surface area contributed by atoms with Gasteiger partial charge in [0.05, 0.1) is 5.38 Å². The van der Waals surface area contributed by atoms with E-state index in [2.05, 4.69) is 51.0 Å². The van der Waals surface area contributed by atoms with E-state index in [9.17, 15) is 0 Å². The van der Waals surface area contributed by atoms with Gasteiger partial charge in [0, 0.05) is 26.1 Å². The number of thiophene rings is 1. The van der Waals surface area contributed by atoms with Gasteiger partial charge in [0.25, 0.3) is 0 Å². The lowest BCUT2D eigenvalue weighted by Gasteiger charge is -2.26. The lowest BCUT2D eigenvalue weighted by molar-refractivity contribution is 0.349. The molecule has 0 N–H and O–H groups in total. The van der Waals surface area contributed by atoms with E-state index >= 15 is 0 Å². The first-order valence-corrected chi connectivity index (χ1v) is 11.1. The molecule has 1 atom stereocenters. The molecule has 1 aromatic carbocycles. The van der Waals surface area contributed by atoms with Crippen molar-refractivity contribution in [1.29, 1.82) is 0 Å². The zero-order valence-corrected chi connectivity index (χ0v) is 15.3. The minimum Gasteiger partial charge on any atom is -0.225 e. The van der Waals surface area contributed by atoms with Crippen LogP contribution < -0.4 is 0 Å². The van der Waals surface area contributed by atoms with Crippen molar-refractivity contribution in [2.45, 2.75) is 37.5 Å². The van der Waals surface area contributed by atoms with Crippen molar-refractivity contribution in [1.82, 2.24) is 0 Å². The molecule has 1 fully saturated rings. The Morgan fingerprint density at radius 1 is 1.14 bits per heavy atom. The van der Waals surface area contributed by atoms with Gasteiger partial charge in [-0.1, -0.05) is 37.5 Å². The average molecular weight is 384 g/mol. The van der Waals surface area contributed by atoms with Crippen molar-refractivity contribution in [2.24, 2.45) is 5.92 Å². The molecule has 0 aliphatic heterocycles. The highest BCUT2D eigenvalue weighted by Crippen LogP contribution is 2.42. The normalized spacial score (nSPS) is 17.5. The van der Waals surface area contributed by atoms with Gasteiger partial charge in [0.1, 0.15) is 0 Å². The second-order valence-electron chi connectivity index (χ2n) is 5.17. The maximum absolute atomic E-state index is 9.09. The van der Waals surface area contributed by atoms with E-state index in [0.717, 1.165) is 0 Å². The van der Waals surface area contributed by atoms with Crippen LogP contribution in [-0.2, 0) is 9.23 Å². The van der Waals surface area contributed by atoms with Gasteiger partial charge in [0.2, 0.25) is 9.23 Å². The van der Waals surface area contributed by atoms with Gasteiger partial charge in [-0.15, -0.1) is 22.9 Å². The molecule has 21 heavy (non-hydrogen) atoms. The Bertz CT molecular complexity index is 589. The number of hydrogen-bond acceptors (Lipinski definition) is 2. The first-order valence-electron chi connectivity index (χ1n) is 6.94. The summed E-state index contributed by atoms with van der Waals surface area (Å²) in [4.78, 5) is 0. The molecule has 1 aromatic heterocycles. The average Bonchev–Trinajstić information content (AvgIpc) is 2.91. The Labute approximate surface area is 146 Å². The van der Waals surface area contributed by atoms with Crippen LogP contribution in [0.1, 0.15) is 43.0 Å². The predicted molar refractivity (Wildman–Crippen MR) is 96.8 cm³/mol. The molecule has 1 nitrogen and oxygen atoms in total. The Balaban J connectivity index is 0.000000361. The molecule has 1 aliphatic carbocycles. The summed E-state index contributed by atoms with van der Waals surface area (Å²) in [7, 11) is 7.36. The fourth-order valence-corrected chi connectivity index (χ4v) is 4.40. The number of fused-ring (bicyclic) bond motifs is 1. The molecular formula is C15H17Cl3OS2. The molecule has 0 spiro atoms. The van der Waals surface area contributed by atoms with Gasteiger partial charge in [-0.25, -0.2) is 4.21 Å².